The van der Waals surface area contributed by atoms with Crippen LogP contribution in [-0.2, 0) is 9.53 Å². The van der Waals surface area contributed by atoms with E-state index in [2.05, 4.69) is 52.5 Å². The number of carboxylic acids is 1. The molecule has 0 bridgehead atoms. The molecule has 0 unspecified atom stereocenters. The summed E-state index contributed by atoms with van der Waals surface area (Å²) in [6, 6.07) is 12.4. The minimum Gasteiger partial charge on any atom is -0.482 e. The van der Waals surface area contributed by atoms with Crippen LogP contribution in [0.3, 0.4) is 0 Å². The SMILES string of the molecule is C=C(C)[C@H]1C[C@H](c2ccc(Cl)cc2)[C@H](CCC2CCCC2)O[C@@H]1c1c(C)cc(C(C)C)cc1OCC(=O)O. The second kappa shape index (κ2) is 12.7. The average Bonchev–Trinajstić information content (AvgIpc) is 3.39. The summed E-state index contributed by atoms with van der Waals surface area (Å²) in [6.07, 6.45) is 8.21. The molecule has 1 aliphatic heterocycles. The molecule has 2 aromatic carbocycles. The molecule has 0 amide bonds. The van der Waals surface area contributed by atoms with E-state index in [4.69, 9.17) is 21.1 Å². The summed E-state index contributed by atoms with van der Waals surface area (Å²) in [5, 5.41) is 10.1. The van der Waals surface area contributed by atoms with Crippen LogP contribution in [0.2, 0.25) is 5.02 Å². The van der Waals surface area contributed by atoms with E-state index in [0.717, 1.165) is 46.0 Å². The predicted octanol–water partition coefficient (Wildman–Crippen LogP) is 9.01. The van der Waals surface area contributed by atoms with E-state index in [9.17, 15) is 9.90 Å². The van der Waals surface area contributed by atoms with Gasteiger partial charge in [0.15, 0.2) is 6.61 Å². The first kappa shape index (κ1) is 28.7. The highest BCUT2D eigenvalue weighted by atomic mass is 35.5. The molecule has 4 atom stereocenters. The second-order valence-corrected chi connectivity index (χ2v) is 12.2. The number of hydrogen-bond donors (Lipinski definition) is 1. The Hall–Kier alpha value is -2.30. The van der Waals surface area contributed by atoms with E-state index in [0.29, 0.717) is 11.7 Å². The van der Waals surface area contributed by atoms with Gasteiger partial charge in [0, 0.05) is 22.4 Å². The summed E-state index contributed by atoms with van der Waals surface area (Å²) in [4.78, 5) is 11.4. The minimum absolute atomic E-state index is 0.0499. The first-order valence-corrected chi connectivity index (χ1v) is 14.6. The Kier molecular flexibility index (Phi) is 9.59. The molecule has 1 heterocycles. The zero-order valence-electron chi connectivity index (χ0n) is 23.3. The lowest BCUT2D eigenvalue weighted by atomic mass is 9.73. The summed E-state index contributed by atoms with van der Waals surface area (Å²) in [7, 11) is 0. The fourth-order valence-electron chi connectivity index (χ4n) is 6.43. The van der Waals surface area contributed by atoms with Crippen LogP contribution >= 0.6 is 11.6 Å². The third-order valence-corrected chi connectivity index (χ3v) is 8.83. The van der Waals surface area contributed by atoms with Crippen LogP contribution in [0.1, 0.15) is 106 Å². The molecule has 5 heteroatoms. The summed E-state index contributed by atoms with van der Waals surface area (Å²) in [5.74, 6) is 1.03. The third kappa shape index (κ3) is 6.82. The molecule has 4 rings (SSSR count). The molecule has 0 spiro atoms. The highest BCUT2D eigenvalue weighted by Crippen LogP contribution is 2.50. The van der Waals surface area contributed by atoms with E-state index in [-0.39, 0.29) is 30.7 Å². The van der Waals surface area contributed by atoms with Gasteiger partial charge < -0.3 is 14.6 Å². The smallest absolute Gasteiger partial charge is 0.341 e. The van der Waals surface area contributed by atoms with Crippen molar-refractivity contribution in [3.63, 3.8) is 0 Å². The van der Waals surface area contributed by atoms with E-state index in [1.165, 1.54) is 37.7 Å². The Morgan fingerprint density at radius 1 is 1.16 bits per heavy atom. The van der Waals surface area contributed by atoms with Gasteiger partial charge in [0.05, 0.1) is 12.2 Å². The highest BCUT2D eigenvalue weighted by molar-refractivity contribution is 6.30. The van der Waals surface area contributed by atoms with Gasteiger partial charge in [0.1, 0.15) is 5.75 Å². The van der Waals surface area contributed by atoms with Crippen molar-refractivity contribution in [3.05, 3.63) is 75.8 Å². The number of carboxylic acid groups (broad SMARTS) is 1. The van der Waals surface area contributed by atoms with Gasteiger partial charge in [0.25, 0.3) is 0 Å². The van der Waals surface area contributed by atoms with Gasteiger partial charge in [-0.05, 0) is 79.8 Å². The maximum absolute atomic E-state index is 11.4. The van der Waals surface area contributed by atoms with Crippen LogP contribution in [-0.4, -0.2) is 23.8 Å². The molecule has 38 heavy (non-hydrogen) atoms. The van der Waals surface area contributed by atoms with Gasteiger partial charge >= 0.3 is 5.97 Å². The number of hydrogen-bond acceptors (Lipinski definition) is 3. The number of halogens is 1. The van der Waals surface area contributed by atoms with Gasteiger partial charge in [-0.3, -0.25) is 0 Å². The number of rotatable bonds is 10. The zero-order chi connectivity index (χ0) is 27.4. The topological polar surface area (TPSA) is 55.8 Å². The van der Waals surface area contributed by atoms with Gasteiger partial charge in [0.2, 0.25) is 0 Å². The first-order valence-electron chi connectivity index (χ1n) is 14.2. The molecule has 4 nitrogen and oxygen atoms in total. The quantitative estimate of drug-likeness (QED) is 0.306. The number of carbonyl (C=O) groups is 1. The number of ether oxygens (including phenoxy) is 2. The average molecular weight is 539 g/mol. The van der Waals surface area contributed by atoms with Crippen molar-refractivity contribution in [3.8, 4) is 5.75 Å². The van der Waals surface area contributed by atoms with E-state index >= 15 is 0 Å². The van der Waals surface area contributed by atoms with E-state index in [1.54, 1.807) is 0 Å². The Balaban J connectivity index is 1.73. The van der Waals surface area contributed by atoms with Crippen LogP contribution < -0.4 is 4.74 Å². The lowest BCUT2D eigenvalue weighted by Gasteiger charge is -2.44. The number of aryl methyl sites for hydroxylation is 1. The van der Waals surface area contributed by atoms with Gasteiger partial charge in [-0.25, -0.2) is 4.79 Å². The number of aliphatic carboxylic acids is 1. The number of benzene rings is 2. The van der Waals surface area contributed by atoms with Crippen molar-refractivity contribution < 1.29 is 19.4 Å². The molecule has 2 aromatic rings. The molecular weight excluding hydrogens is 496 g/mol. The Bertz CT molecular complexity index is 1120. The fourth-order valence-corrected chi connectivity index (χ4v) is 6.56. The van der Waals surface area contributed by atoms with Gasteiger partial charge in [-0.1, -0.05) is 81.5 Å². The molecule has 0 aromatic heterocycles. The van der Waals surface area contributed by atoms with Crippen molar-refractivity contribution in [2.24, 2.45) is 11.8 Å². The standard InChI is InChI=1S/C33H43ClO4/c1-20(2)25-16-22(5)32(30(17-25)37-19-31(35)36)33-27(21(3)4)18-28(24-11-13-26(34)14-12-24)29(38-33)15-10-23-8-6-7-9-23/h11-14,16-17,20,23,27-29,33H,3,6-10,15,18-19H2,1-2,4-5H3,(H,35,36)/t27-,28-,29+,33+/m1/s1. The van der Waals surface area contributed by atoms with Crippen LogP contribution in [0.25, 0.3) is 0 Å². The van der Waals surface area contributed by atoms with Crippen LogP contribution in [0.4, 0.5) is 0 Å². The van der Waals surface area contributed by atoms with Crippen molar-refractivity contribution in [2.45, 2.75) is 96.7 Å². The molecule has 2 fully saturated rings. The Morgan fingerprint density at radius 3 is 2.45 bits per heavy atom. The van der Waals surface area contributed by atoms with E-state index < -0.39 is 5.97 Å². The second-order valence-electron chi connectivity index (χ2n) is 11.8. The summed E-state index contributed by atoms with van der Waals surface area (Å²) < 4.78 is 13.0. The van der Waals surface area contributed by atoms with E-state index in [1.807, 2.05) is 18.2 Å². The molecule has 1 saturated carbocycles. The van der Waals surface area contributed by atoms with Gasteiger partial charge in [-0.2, -0.15) is 0 Å². The molecule has 0 radical (unpaired) electrons. The van der Waals surface area contributed by atoms with Crippen molar-refractivity contribution >= 4 is 17.6 Å². The molecule has 1 N–H and O–H groups in total. The monoisotopic (exact) mass is 538 g/mol. The zero-order valence-corrected chi connectivity index (χ0v) is 24.1. The first-order chi connectivity index (χ1) is 18.1. The van der Waals surface area contributed by atoms with Crippen LogP contribution in [0, 0.1) is 18.8 Å². The molecule has 1 saturated heterocycles. The fraction of sp³-hybridized carbons (Fsp3) is 0.545. The third-order valence-electron chi connectivity index (χ3n) is 8.58. The molecular formula is C33H43ClO4. The molecule has 206 valence electrons. The summed E-state index contributed by atoms with van der Waals surface area (Å²) in [6.45, 7) is 12.4. The lowest BCUT2D eigenvalue weighted by Crippen LogP contribution is -2.37. The van der Waals surface area contributed by atoms with Gasteiger partial charge in [-0.15, -0.1) is 0 Å². The van der Waals surface area contributed by atoms with Crippen molar-refractivity contribution in [1.29, 1.82) is 0 Å². The van der Waals surface area contributed by atoms with Crippen LogP contribution in [0.15, 0.2) is 48.6 Å². The molecule has 1 aliphatic carbocycles. The summed E-state index contributed by atoms with van der Waals surface area (Å²) >= 11 is 6.24. The molecule has 2 aliphatic rings. The van der Waals surface area contributed by atoms with Crippen molar-refractivity contribution in [1.82, 2.24) is 0 Å². The predicted molar refractivity (Wildman–Crippen MR) is 154 cm³/mol. The normalized spacial score (nSPS) is 24.1. The van der Waals surface area contributed by atoms with Crippen LogP contribution in [0.5, 0.6) is 5.75 Å². The Labute approximate surface area is 233 Å². The largest absolute Gasteiger partial charge is 0.482 e. The highest BCUT2D eigenvalue weighted by Gasteiger charge is 2.41. The van der Waals surface area contributed by atoms with Crippen molar-refractivity contribution in [2.75, 3.05) is 6.61 Å². The Morgan fingerprint density at radius 2 is 1.84 bits per heavy atom. The lowest BCUT2D eigenvalue weighted by molar-refractivity contribution is -0.139. The minimum atomic E-state index is -0.984. The summed E-state index contributed by atoms with van der Waals surface area (Å²) in [5.41, 5.74) is 5.49. The maximum atomic E-state index is 11.4. The maximum Gasteiger partial charge on any atom is 0.341 e.